The molecule has 0 bridgehead atoms. The Morgan fingerprint density at radius 3 is 2.33 bits per heavy atom. The van der Waals surface area contributed by atoms with Gasteiger partial charge in [0.15, 0.2) is 0 Å². The predicted molar refractivity (Wildman–Crippen MR) is 78.1 cm³/mol. The van der Waals surface area contributed by atoms with E-state index in [0.29, 0.717) is 18.7 Å². The van der Waals surface area contributed by atoms with Crippen LogP contribution in [-0.2, 0) is 0 Å². The fourth-order valence-corrected chi connectivity index (χ4v) is 2.16. The third-order valence-electron chi connectivity index (χ3n) is 3.26. The van der Waals surface area contributed by atoms with Crippen LogP contribution >= 0.6 is 0 Å². The number of benzene rings is 1. The summed E-state index contributed by atoms with van der Waals surface area (Å²) in [5, 5.41) is 0. The molecule has 0 aromatic heterocycles. The Morgan fingerprint density at radius 1 is 1.17 bits per heavy atom. The van der Waals surface area contributed by atoms with Gasteiger partial charge in [0.05, 0.1) is 0 Å². The molecular weight excluding hydrogens is 224 g/mol. The van der Waals surface area contributed by atoms with Crippen LogP contribution in [0.25, 0.3) is 0 Å². The molecule has 0 spiro atoms. The summed E-state index contributed by atoms with van der Waals surface area (Å²) in [4.78, 5) is 2.42. The van der Waals surface area contributed by atoms with Crippen molar-refractivity contribution in [3.63, 3.8) is 0 Å². The third-order valence-corrected chi connectivity index (χ3v) is 3.26. The number of ether oxygens (including phenoxy) is 1. The Kier molecular flexibility index (Phi) is 5.48. The van der Waals surface area contributed by atoms with E-state index >= 15 is 0 Å². The third kappa shape index (κ3) is 3.91. The molecule has 0 aliphatic carbocycles. The molecule has 0 saturated carbocycles. The Morgan fingerprint density at radius 2 is 1.78 bits per heavy atom. The van der Waals surface area contributed by atoms with E-state index in [9.17, 15) is 0 Å². The van der Waals surface area contributed by atoms with Gasteiger partial charge in [-0.15, -0.1) is 0 Å². The van der Waals surface area contributed by atoms with Crippen LogP contribution in [0.5, 0.6) is 5.75 Å². The highest BCUT2D eigenvalue weighted by atomic mass is 16.5. The summed E-state index contributed by atoms with van der Waals surface area (Å²) >= 11 is 0. The van der Waals surface area contributed by atoms with Crippen LogP contribution < -0.4 is 10.5 Å². The van der Waals surface area contributed by atoms with Crippen LogP contribution in [0.3, 0.4) is 0 Å². The van der Waals surface area contributed by atoms with Crippen LogP contribution in [0, 0.1) is 6.92 Å². The minimum atomic E-state index is 0.538. The van der Waals surface area contributed by atoms with Crippen LogP contribution in [0.2, 0.25) is 0 Å². The lowest BCUT2D eigenvalue weighted by atomic mass is 10.2. The van der Waals surface area contributed by atoms with Crippen molar-refractivity contribution in [3.05, 3.63) is 23.8 Å². The molecule has 3 nitrogen and oxygen atoms in total. The lowest BCUT2D eigenvalue weighted by molar-refractivity contribution is 0.141. The second kappa shape index (κ2) is 6.64. The highest BCUT2D eigenvalue weighted by Crippen LogP contribution is 2.22. The summed E-state index contributed by atoms with van der Waals surface area (Å²) in [6.45, 7) is 12.5. The van der Waals surface area contributed by atoms with Crippen molar-refractivity contribution in [3.8, 4) is 5.75 Å². The van der Waals surface area contributed by atoms with Crippen molar-refractivity contribution in [2.24, 2.45) is 0 Å². The van der Waals surface area contributed by atoms with Crippen LogP contribution in [-0.4, -0.2) is 30.1 Å². The van der Waals surface area contributed by atoms with Crippen LogP contribution in [0.4, 0.5) is 5.69 Å². The molecule has 1 rings (SSSR count). The average Bonchev–Trinajstić information content (AvgIpc) is 2.28. The monoisotopic (exact) mass is 250 g/mol. The van der Waals surface area contributed by atoms with E-state index in [2.05, 4.69) is 32.6 Å². The molecule has 0 unspecified atom stereocenters. The van der Waals surface area contributed by atoms with Gasteiger partial charge in [-0.2, -0.15) is 0 Å². The van der Waals surface area contributed by atoms with Gasteiger partial charge in [0, 0.05) is 29.9 Å². The quantitative estimate of drug-likeness (QED) is 0.789. The van der Waals surface area contributed by atoms with E-state index in [0.717, 1.165) is 23.5 Å². The van der Waals surface area contributed by atoms with Crippen molar-refractivity contribution < 1.29 is 4.74 Å². The fraction of sp³-hybridized carbons (Fsp3) is 0.600. The molecule has 1 aromatic rings. The van der Waals surface area contributed by atoms with Crippen LogP contribution in [0.1, 0.15) is 33.3 Å². The maximum Gasteiger partial charge on any atom is 0.124 e. The van der Waals surface area contributed by atoms with Gasteiger partial charge < -0.3 is 10.5 Å². The summed E-state index contributed by atoms with van der Waals surface area (Å²) in [6.07, 6.45) is 0. The molecule has 0 atom stereocenters. The first kappa shape index (κ1) is 14.8. The molecule has 18 heavy (non-hydrogen) atoms. The first-order valence-electron chi connectivity index (χ1n) is 6.67. The van der Waals surface area contributed by atoms with E-state index in [1.54, 1.807) is 0 Å². The predicted octanol–water partition coefficient (Wildman–Crippen LogP) is 3.07. The Hall–Kier alpha value is -1.22. The topological polar surface area (TPSA) is 38.5 Å². The van der Waals surface area contributed by atoms with Crippen molar-refractivity contribution in [1.29, 1.82) is 0 Å². The SMILES string of the molecule is Cc1c(N)cccc1OCCN(C(C)C)C(C)C. The van der Waals surface area contributed by atoms with Gasteiger partial charge in [0.25, 0.3) is 0 Å². The van der Waals surface area contributed by atoms with Gasteiger partial charge in [-0.05, 0) is 46.8 Å². The molecule has 0 fully saturated rings. The largest absolute Gasteiger partial charge is 0.492 e. The number of nitrogen functional groups attached to an aromatic ring is 1. The molecular formula is C15H26N2O. The first-order valence-corrected chi connectivity index (χ1v) is 6.67. The smallest absolute Gasteiger partial charge is 0.124 e. The standard InChI is InChI=1S/C15H26N2O/c1-11(2)17(12(3)4)9-10-18-15-8-6-7-14(16)13(15)5/h6-8,11-12H,9-10,16H2,1-5H3. The zero-order valence-electron chi connectivity index (χ0n) is 12.2. The lowest BCUT2D eigenvalue weighted by Crippen LogP contribution is -2.39. The molecule has 0 amide bonds. The Balaban J connectivity index is 2.53. The number of anilines is 1. The van der Waals surface area contributed by atoms with Gasteiger partial charge in [-0.25, -0.2) is 0 Å². The molecule has 0 radical (unpaired) electrons. The molecule has 0 heterocycles. The normalized spacial score (nSPS) is 11.6. The van der Waals surface area contributed by atoms with Gasteiger partial charge in [-0.3, -0.25) is 4.90 Å². The molecule has 0 aliphatic heterocycles. The molecule has 0 aliphatic rings. The van der Waals surface area contributed by atoms with Gasteiger partial charge >= 0.3 is 0 Å². The Labute approximate surface area is 111 Å². The zero-order chi connectivity index (χ0) is 13.7. The average molecular weight is 250 g/mol. The molecule has 3 heteroatoms. The number of hydrogen-bond donors (Lipinski definition) is 1. The second-order valence-corrected chi connectivity index (χ2v) is 5.24. The molecule has 102 valence electrons. The summed E-state index contributed by atoms with van der Waals surface area (Å²) < 4.78 is 5.83. The summed E-state index contributed by atoms with van der Waals surface area (Å²) in [7, 11) is 0. The Bertz CT molecular complexity index is 367. The van der Waals surface area contributed by atoms with Gasteiger partial charge in [0.1, 0.15) is 12.4 Å². The van der Waals surface area contributed by atoms with Crippen molar-refractivity contribution in [1.82, 2.24) is 4.90 Å². The van der Waals surface area contributed by atoms with E-state index in [-0.39, 0.29) is 0 Å². The van der Waals surface area contributed by atoms with E-state index in [1.807, 2.05) is 25.1 Å². The number of rotatable bonds is 6. The van der Waals surface area contributed by atoms with Crippen molar-refractivity contribution >= 4 is 5.69 Å². The van der Waals surface area contributed by atoms with Crippen LogP contribution in [0.15, 0.2) is 18.2 Å². The summed E-state index contributed by atoms with van der Waals surface area (Å²) in [5.74, 6) is 0.891. The molecule has 0 saturated heterocycles. The minimum Gasteiger partial charge on any atom is -0.492 e. The highest BCUT2D eigenvalue weighted by molar-refractivity contribution is 5.53. The highest BCUT2D eigenvalue weighted by Gasteiger charge is 2.13. The van der Waals surface area contributed by atoms with E-state index in [1.165, 1.54) is 0 Å². The van der Waals surface area contributed by atoms with Gasteiger partial charge in [0.2, 0.25) is 0 Å². The maximum atomic E-state index is 5.86. The fourth-order valence-electron chi connectivity index (χ4n) is 2.16. The lowest BCUT2D eigenvalue weighted by Gasteiger charge is -2.30. The number of hydrogen-bond acceptors (Lipinski definition) is 3. The maximum absolute atomic E-state index is 5.86. The number of nitrogens with two attached hydrogens (primary N) is 1. The van der Waals surface area contributed by atoms with E-state index in [4.69, 9.17) is 10.5 Å². The van der Waals surface area contributed by atoms with E-state index < -0.39 is 0 Å². The number of nitrogens with zero attached hydrogens (tertiary/aromatic N) is 1. The first-order chi connectivity index (χ1) is 8.43. The van der Waals surface area contributed by atoms with Gasteiger partial charge in [-0.1, -0.05) is 6.07 Å². The second-order valence-electron chi connectivity index (χ2n) is 5.24. The molecule has 2 N–H and O–H groups in total. The van der Waals surface area contributed by atoms with Crippen molar-refractivity contribution in [2.45, 2.75) is 46.7 Å². The molecule has 1 aromatic carbocycles. The van der Waals surface area contributed by atoms with Crippen molar-refractivity contribution in [2.75, 3.05) is 18.9 Å². The zero-order valence-corrected chi connectivity index (χ0v) is 12.2. The minimum absolute atomic E-state index is 0.538. The summed E-state index contributed by atoms with van der Waals surface area (Å²) in [6, 6.07) is 6.88. The summed E-state index contributed by atoms with van der Waals surface area (Å²) in [5.41, 5.74) is 7.67.